The van der Waals surface area contributed by atoms with E-state index in [0.717, 1.165) is 0 Å². The minimum absolute atomic E-state index is 0.0607. The van der Waals surface area contributed by atoms with Gasteiger partial charge in [0.05, 0.1) is 6.20 Å². The van der Waals surface area contributed by atoms with Crippen molar-refractivity contribution < 1.29 is 13.5 Å². The van der Waals surface area contributed by atoms with Gasteiger partial charge in [-0.05, 0) is 33.2 Å². The fraction of sp³-hybridized carbons (Fsp3) is 0.769. The van der Waals surface area contributed by atoms with E-state index < -0.39 is 10.0 Å². The summed E-state index contributed by atoms with van der Waals surface area (Å²) in [4.78, 5) is 2.38. The lowest BCUT2D eigenvalue weighted by atomic mass is 10.3. The number of aliphatic hydroxyl groups is 1. The molecule has 0 saturated heterocycles. The number of nitrogens with one attached hydrogen (secondary N) is 1. The molecule has 0 spiro atoms. The molecule has 1 aromatic heterocycles. The molecule has 0 bridgehead atoms. The number of likely N-dealkylation sites (N-methyl/N-ethyl adjacent to an activating group) is 1. The van der Waals surface area contributed by atoms with Crippen LogP contribution in [0.3, 0.4) is 0 Å². The number of nitrogens with zero attached hydrogens (tertiary/aromatic N) is 3. The molecule has 1 unspecified atom stereocenters. The molecule has 1 fully saturated rings. The highest BCUT2D eigenvalue weighted by molar-refractivity contribution is 7.89. The smallest absolute Gasteiger partial charge is 0.243 e. The number of aryl methyl sites for hydroxylation is 1. The molecule has 1 aliphatic rings. The minimum Gasteiger partial charge on any atom is -0.396 e. The average Bonchev–Trinajstić information content (AvgIpc) is 3.19. The van der Waals surface area contributed by atoms with Crippen LogP contribution < -0.4 is 4.72 Å². The Morgan fingerprint density at radius 2 is 2.29 bits per heavy atom. The van der Waals surface area contributed by atoms with Crippen molar-refractivity contribution in [2.75, 3.05) is 20.2 Å². The molecule has 0 aliphatic heterocycles. The molecule has 1 aliphatic carbocycles. The largest absolute Gasteiger partial charge is 0.396 e. The molecular formula is C13H24N4O3S. The Kier molecular flexibility index (Phi) is 5.37. The van der Waals surface area contributed by atoms with Crippen molar-refractivity contribution in [1.29, 1.82) is 0 Å². The second-order valence-electron chi connectivity index (χ2n) is 5.61. The number of sulfonamides is 1. The Bertz CT molecular complexity index is 554. The van der Waals surface area contributed by atoms with Crippen molar-refractivity contribution in [3.8, 4) is 0 Å². The first kappa shape index (κ1) is 16.4. The number of hydrogen-bond acceptors (Lipinski definition) is 5. The van der Waals surface area contributed by atoms with E-state index in [4.69, 9.17) is 5.11 Å². The van der Waals surface area contributed by atoms with E-state index >= 15 is 0 Å². The molecule has 120 valence electrons. The first-order valence-corrected chi connectivity index (χ1v) is 8.77. The van der Waals surface area contributed by atoms with Crippen LogP contribution in [0.15, 0.2) is 17.3 Å². The summed E-state index contributed by atoms with van der Waals surface area (Å²) in [6.45, 7) is 2.97. The van der Waals surface area contributed by atoms with Gasteiger partial charge in [-0.1, -0.05) is 0 Å². The molecule has 0 amide bonds. The number of hydrogen-bond donors (Lipinski definition) is 2. The quantitative estimate of drug-likeness (QED) is 0.671. The van der Waals surface area contributed by atoms with Crippen LogP contribution in [0.1, 0.15) is 26.2 Å². The van der Waals surface area contributed by atoms with Crippen LogP contribution in [0.2, 0.25) is 0 Å². The van der Waals surface area contributed by atoms with Crippen LogP contribution >= 0.6 is 0 Å². The zero-order valence-electron chi connectivity index (χ0n) is 12.6. The van der Waals surface area contributed by atoms with Gasteiger partial charge in [-0.3, -0.25) is 9.58 Å². The van der Waals surface area contributed by atoms with Gasteiger partial charge in [0, 0.05) is 38.0 Å². The highest BCUT2D eigenvalue weighted by Crippen LogP contribution is 2.26. The third kappa shape index (κ3) is 4.50. The summed E-state index contributed by atoms with van der Waals surface area (Å²) in [5, 5.41) is 12.8. The molecule has 2 N–H and O–H groups in total. The van der Waals surface area contributed by atoms with Crippen molar-refractivity contribution in [2.24, 2.45) is 0 Å². The van der Waals surface area contributed by atoms with E-state index in [1.807, 2.05) is 14.0 Å². The average molecular weight is 316 g/mol. The van der Waals surface area contributed by atoms with E-state index in [1.165, 1.54) is 29.9 Å². The van der Waals surface area contributed by atoms with Gasteiger partial charge in [0.1, 0.15) is 4.90 Å². The Morgan fingerprint density at radius 3 is 2.90 bits per heavy atom. The fourth-order valence-corrected chi connectivity index (χ4v) is 3.21. The summed E-state index contributed by atoms with van der Waals surface area (Å²) in [5.74, 6) is 0. The lowest BCUT2D eigenvalue weighted by Crippen LogP contribution is -2.41. The molecule has 0 aromatic carbocycles. The third-order valence-electron chi connectivity index (χ3n) is 3.85. The molecule has 7 nitrogen and oxygen atoms in total. The normalized spacial score (nSPS) is 17.3. The van der Waals surface area contributed by atoms with Crippen LogP contribution in [0.5, 0.6) is 0 Å². The molecular weight excluding hydrogens is 292 g/mol. The van der Waals surface area contributed by atoms with Crippen LogP contribution in [-0.2, 0) is 16.6 Å². The van der Waals surface area contributed by atoms with Gasteiger partial charge in [0.25, 0.3) is 0 Å². The van der Waals surface area contributed by atoms with Crippen molar-refractivity contribution in [3.63, 3.8) is 0 Å². The lowest BCUT2D eigenvalue weighted by molar-refractivity contribution is 0.248. The second kappa shape index (κ2) is 6.87. The minimum atomic E-state index is -3.52. The molecule has 1 atom stereocenters. The number of aromatic nitrogens is 2. The van der Waals surface area contributed by atoms with Crippen LogP contribution in [-0.4, -0.2) is 60.5 Å². The van der Waals surface area contributed by atoms with Crippen LogP contribution in [0, 0.1) is 0 Å². The highest BCUT2D eigenvalue weighted by Gasteiger charge is 2.29. The summed E-state index contributed by atoms with van der Waals surface area (Å²) < 4.78 is 28.6. The van der Waals surface area contributed by atoms with Gasteiger partial charge in [0.2, 0.25) is 10.0 Å². The predicted octanol–water partition coefficient (Wildman–Crippen LogP) is 0.0265. The summed E-state index contributed by atoms with van der Waals surface area (Å²) in [5.41, 5.74) is 0. The SMILES string of the molecule is CC(CNS(=O)(=O)c1cnn(CCCO)c1)N(C)C1CC1. The van der Waals surface area contributed by atoms with Gasteiger partial charge < -0.3 is 5.11 Å². The predicted molar refractivity (Wildman–Crippen MR) is 79.4 cm³/mol. The lowest BCUT2D eigenvalue weighted by Gasteiger charge is -2.24. The van der Waals surface area contributed by atoms with Crippen molar-refractivity contribution in [2.45, 2.75) is 49.7 Å². The van der Waals surface area contributed by atoms with Crippen molar-refractivity contribution in [3.05, 3.63) is 12.4 Å². The zero-order chi connectivity index (χ0) is 15.5. The Hall–Kier alpha value is -0.960. The Labute approximate surface area is 126 Å². The highest BCUT2D eigenvalue weighted by atomic mass is 32.2. The Balaban J connectivity index is 1.89. The monoisotopic (exact) mass is 316 g/mol. The molecule has 0 radical (unpaired) electrons. The van der Waals surface area contributed by atoms with E-state index in [-0.39, 0.29) is 17.5 Å². The fourth-order valence-electron chi connectivity index (χ4n) is 2.14. The summed E-state index contributed by atoms with van der Waals surface area (Å²) in [6, 6.07) is 0.766. The second-order valence-corrected chi connectivity index (χ2v) is 7.38. The van der Waals surface area contributed by atoms with Gasteiger partial charge in [-0.2, -0.15) is 5.10 Å². The van der Waals surface area contributed by atoms with Gasteiger partial charge in [-0.15, -0.1) is 0 Å². The first-order chi connectivity index (χ1) is 9.94. The number of rotatable bonds is 9. The van der Waals surface area contributed by atoms with E-state index in [2.05, 4.69) is 14.7 Å². The molecule has 1 aromatic rings. The maximum Gasteiger partial charge on any atom is 0.243 e. The standard InChI is InChI=1S/C13H24N4O3S/c1-11(16(2)12-4-5-12)8-15-21(19,20)13-9-14-17(10-13)6-3-7-18/h9-12,15,18H,3-8H2,1-2H3. The van der Waals surface area contributed by atoms with Crippen LogP contribution in [0.25, 0.3) is 0 Å². The summed E-state index contributed by atoms with van der Waals surface area (Å²) in [6.07, 6.45) is 5.79. The van der Waals surface area contributed by atoms with Gasteiger partial charge in [0.15, 0.2) is 0 Å². The number of aliphatic hydroxyl groups excluding tert-OH is 1. The van der Waals surface area contributed by atoms with E-state index in [9.17, 15) is 8.42 Å². The molecule has 1 saturated carbocycles. The third-order valence-corrected chi connectivity index (χ3v) is 5.23. The molecule has 1 heterocycles. The maximum atomic E-state index is 12.2. The van der Waals surface area contributed by atoms with Gasteiger partial charge >= 0.3 is 0 Å². The Morgan fingerprint density at radius 1 is 1.57 bits per heavy atom. The van der Waals surface area contributed by atoms with Gasteiger partial charge in [-0.25, -0.2) is 13.1 Å². The van der Waals surface area contributed by atoms with Crippen molar-refractivity contribution >= 4 is 10.0 Å². The zero-order valence-corrected chi connectivity index (χ0v) is 13.4. The first-order valence-electron chi connectivity index (χ1n) is 7.29. The molecule has 8 heteroatoms. The molecule has 2 rings (SSSR count). The van der Waals surface area contributed by atoms with Crippen molar-refractivity contribution in [1.82, 2.24) is 19.4 Å². The van der Waals surface area contributed by atoms with E-state index in [1.54, 1.807) is 0 Å². The van der Waals surface area contributed by atoms with E-state index in [0.29, 0.717) is 25.6 Å². The summed E-state index contributed by atoms with van der Waals surface area (Å²) >= 11 is 0. The summed E-state index contributed by atoms with van der Waals surface area (Å²) in [7, 11) is -1.49. The molecule has 21 heavy (non-hydrogen) atoms. The topological polar surface area (TPSA) is 87.5 Å². The van der Waals surface area contributed by atoms with Crippen LogP contribution in [0.4, 0.5) is 0 Å². The maximum absolute atomic E-state index is 12.2.